The average Bonchev–Trinajstić information content (AvgIpc) is 3.10. The molecule has 2 N–H and O–H groups in total. The maximum absolute atomic E-state index is 13.7. The number of nitrogens with one attached hydrogen (secondary N) is 2. The zero-order valence-corrected chi connectivity index (χ0v) is 18.5. The summed E-state index contributed by atoms with van der Waals surface area (Å²) in [4.78, 5) is 24.8. The smallest absolute Gasteiger partial charge is 0.229 e. The van der Waals surface area contributed by atoms with Crippen molar-refractivity contribution in [2.75, 3.05) is 5.32 Å². The molecular formula is C26H25FN4O2. The number of imidazole rings is 1. The number of aromatic amines is 1. The van der Waals surface area contributed by atoms with Gasteiger partial charge >= 0.3 is 0 Å². The first kappa shape index (κ1) is 20.1. The van der Waals surface area contributed by atoms with Crippen LogP contribution in [0.2, 0.25) is 0 Å². The fraction of sp³-hybridized carbons (Fsp3) is 0.346. The lowest BCUT2D eigenvalue weighted by Crippen LogP contribution is -2.26. The molecule has 2 aromatic heterocycles. The molecule has 2 aliphatic carbocycles. The van der Waals surface area contributed by atoms with Gasteiger partial charge in [0.25, 0.3) is 0 Å². The van der Waals surface area contributed by atoms with Gasteiger partial charge in [0.05, 0.1) is 22.7 Å². The second kappa shape index (κ2) is 7.54. The Morgan fingerprint density at radius 3 is 2.76 bits per heavy atom. The van der Waals surface area contributed by atoms with Crippen molar-refractivity contribution < 1.29 is 13.9 Å². The van der Waals surface area contributed by atoms with E-state index >= 15 is 0 Å². The van der Waals surface area contributed by atoms with Gasteiger partial charge in [0.1, 0.15) is 11.6 Å². The van der Waals surface area contributed by atoms with Crippen molar-refractivity contribution in [3.8, 4) is 5.75 Å². The van der Waals surface area contributed by atoms with Crippen LogP contribution in [0.3, 0.4) is 0 Å². The molecule has 0 radical (unpaired) electrons. The third-order valence-electron chi connectivity index (χ3n) is 7.30. The van der Waals surface area contributed by atoms with E-state index in [1.807, 2.05) is 32.0 Å². The SMILES string of the molecule is Cc1ccc2nc(NC(=O)C(C)C3[C@H]4CC(Oc5ccnc6ccc(F)cc56)C[C@@H]34)[nH]c2c1. The lowest BCUT2D eigenvalue weighted by atomic mass is 9.97. The van der Waals surface area contributed by atoms with Crippen LogP contribution in [-0.2, 0) is 4.79 Å². The van der Waals surface area contributed by atoms with Gasteiger partial charge in [-0.2, -0.15) is 0 Å². The molecule has 6 rings (SSSR count). The van der Waals surface area contributed by atoms with Gasteiger partial charge in [0.15, 0.2) is 0 Å². The molecule has 33 heavy (non-hydrogen) atoms. The summed E-state index contributed by atoms with van der Waals surface area (Å²) in [6.45, 7) is 4.03. The highest BCUT2D eigenvalue weighted by atomic mass is 19.1. The van der Waals surface area contributed by atoms with Crippen LogP contribution in [0, 0.1) is 36.4 Å². The molecule has 4 aromatic rings. The van der Waals surface area contributed by atoms with E-state index in [0.29, 0.717) is 34.8 Å². The maximum Gasteiger partial charge on any atom is 0.229 e. The third kappa shape index (κ3) is 3.61. The summed E-state index contributed by atoms with van der Waals surface area (Å²) >= 11 is 0. The quantitative estimate of drug-likeness (QED) is 0.441. The molecule has 2 fully saturated rings. The molecular weight excluding hydrogens is 419 g/mol. The number of aromatic nitrogens is 3. The van der Waals surface area contributed by atoms with Crippen molar-refractivity contribution in [3.05, 3.63) is 60.0 Å². The Labute approximate surface area is 190 Å². The summed E-state index contributed by atoms with van der Waals surface area (Å²) < 4.78 is 20.0. The number of hydrogen-bond acceptors (Lipinski definition) is 4. The predicted octanol–water partition coefficient (Wildman–Crippen LogP) is 5.24. The summed E-state index contributed by atoms with van der Waals surface area (Å²) in [5.74, 6) is 2.12. The van der Waals surface area contributed by atoms with E-state index in [9.17, 15) is 9.18 Å². The van der Waals surface area contributed by atoms with Gasteiger partial charge in [-0.05, 0) is 79.5 Å². The number of rotatable bonds is 5. The first-order valence-electron chi connectivity index (χ1n) is 11.4. The number of ether oxygens (including phenoxy) is 1. The second-order valence-electron chi connectivity index (χ2n) is 9.47. The molecule has 6 nitrogen and oxygen atoms in total. The minimum atomic E-state index is -0.297. The Bertz CT molecular complexity index is 1370. The molecule has 2 heterocycles. The molecule has 0 saturated heterocycles. The molecule has 2 aliphatic rings. The number of carbonyl (C=O) groups is 1. The molecule has 0 spiro atoms. The van der Waals surface area contributed by atoms with Crippen molar-refractivity contribution in [3.63, 3.8) is 0 Å². The number of nitrogens with zero attached hydrogens (tertiary/aromatic N) is 2. The number of aryl methyl sites for hydroxylation is 1. The highest BCUT2D eigenvalue weighted by molar-refractivity contribution is 5.93. The van der Waals surface area contributed by atoms with Crippen LogP contribution in [0.25, 0.3) is 21.9 Å². The third-order valence-corrected chi connectivity index (χ3v) is 7.30. The summed E-state index contributed by atoms with van der Waals surface area (Å²) in [6, 6.07) is 12.3. The number of pyridine rings is 1. The Morgan fingerprint density at radius 2 is 1.94 bits per heavy atom. The fourth-order valence-corrected chi connectivity index (χ4v) is 5.64. The molecule has 1 amide bonds. The maximum atomic E-state index is 13.7. The van der Waals surface area contributed by atoms with Gasteiger partial charge in [-0.15, -0.1) is 0 Å². The summed E-state index contributed by atoms with van der Waals surface area (Å²) in [5.41, 5.74) is 3.63. The highest BCUT2D eigenvalue weighted by Crippen LogP contribution is 2.61. The standard InChI is InChI=1S/C26H25FN4O2/c1-13-3-5-21-22(9-13)30-26(29-21)31-25(32)14(2)24-17-11-16(12-18(17)24)33-23-7-8-28-20-6-4-15(27)10-19(20)23/h3-10,14,16-18,24H,11-12H2,1-2H3,(H2,29,30,31,32)/t14?,16?,17-,18+,24?. The van der Waals surface area contributed by atoms with E-state index in [-0.39, 0.29) is 23.7 Å². The number of anilines is 1. The van der Waals surface area contributed by atoms with Crippen molar-refractivity contribution in [2.24, 2.45) is 23.7 Å². The minimum Gasteiger partial charge on any atom is -0.490 e. The Balaban J connectivity index is 1.08. The Kier molecular flexibility index (Phi) is 4.60. The van der Waals surface area contributed by atoms with Gasteiger partial charge < -0.3 is 9.72 Å². The molecule has 7 heteroatoms. The van der Waals surface area contributed by atoms with Crippen molar-refractivity contribution >= 4 is 33.8 Å². The average molecular weight is 445 g/mol. The van der Waals surface area contributed by atoms with Crippen molar-refractivity contribution in [1.82, 2.24) is 15.0 Å². The van der Waals surface area contributed by atoms with E-state index in [2.05, 4.69) is 20.3 Å². The number of halogens is 1. The fourth-order valence-electron chi connectivity index (χ4n) is 5.64. The van der Waals surface area contributed by atoms with Crippen LogP contribution < -0.4 is 10.1 Å². The molecule has 168 valence electrons. The van der Waals surface area contributed by atoms with Crippen LogP contribution in [0.4, 0.5) is 10.3 Å². The molecule has 2 saturated carbocycles. The monoisotopic (exact) mass is 444 g/mol. The molecule has 3 unspecified atom stereocenters. The van der Waals surface area contributed by atoms with Crippen LogP contribution >= 0.6 is 0 Å². The second-order valence-corrected chi connectivity index (χ2v) is 9.47. The van der Waals surface area contributed by atoms with Crippen LogP contribution in [0.5, 0.6) is 5.75 Å². The normalized spacial score (nSPS) is 24.6. The van der Waals surface area contributed by atoms with Crippen molar-refractivity contribution in [1.29, 1.82) is 0 Å². The molecule has 0 bridgehead atoms. The molecule has 5 atom stereocenters. The zero-order chi connectivity index (χ0) is 22.7. The molecule has 0 aliphatic heterocycles. The van der Waals surface area contributed by atoms with Gasteiger partial charge in [-0.3, -0.25) is 15.1 Å². The zero-order valence-electron chi connectivity index (χ0n) is 18.5. The van der Waals surface area contributed by atoms with Crippen LogP contribution in [-0.4, -0.2) is 27.0 Å². The van der Waals surface area contributed by atoms with Gasteiger partial charge in [0, 0.05) is 17.5 Å². The first-order chi connectivity index (χ1) is 16.0. The van der Waals surface area contributed by atoms with Crippen LogP contribution in [0.15, 0.2) is 48.7 Å². The van der Waals surface area contributed by atoms with Gasteiger partial charge in [0.2, 0.25) is 11.9 Å². The molecule has 2 aromatic carbocycles. The van der Waals surface area contributed by atoms with E-state index in [4.69, 9.17) is 4.74 Å². The van der Waals surface area contributed by atoms with E-state index in [0.717, 1.165) is 35.0 Å². The summed E-state index contributed by atoms with van der Waals surface area (Å²) in [6.07, 6.45) is 3.60. The largest absolute Gasteiger partial charge is 0.490 e. The number of amides is 1. The van der Waals surface area contributed by atoms with Gasteiger partial charge in [-0.1, -0.05) is 13.0 Å². The number of hydrogen-bond donors (Lipinski definition) is 2. The number of fused-ring (bicyclic) bond motifs is 3. The summed E-state index contributed by atoms with van der Waals surface area (Å²) in [5, 5.41) is 3.66. The number of H-pyrrole nitrogens is 1. The predicted molar refractivity (Wildman–Crippen MR) is 124 cm³/mol. The lowest BCUT2D eigenvalue weighted by molar-refractivity contribution is -0.120. The number of carbonyl (C=O) groups excluding carboxylic acids is 1. The van der Waals surface area contributed by atoms with Crippen LogP contribution in [0.1, 0.15) is 25.3 Å². The Hall–Kier alpha value is -3.48. The Morgan fingerprint density at radius 1 is 1.15 bits per heavy atom. The lowest BCUT2D eigenvalue weighted by Gasteiger charge is -2.20. The topological polar surface area (TPSA) is 79.9 Å². The number of benzene rings is 2. The van der Waals surface area contributed by atoms with E-state index in [1.165, 1.54) is 12.1 Å². The van der Waals surface area contributed by atoms with E-state index in [1.54, 1.807) is 18.3 Å². The van der Waals surface area contributed by atoms with E-state index < -0.39 is 0 Å². The summed E-state index contributed by atoms with van der Waals surface area (Å²) in [7, 11) is 0. The minimum absolute atomic E-state index is 0.00162. The van der Waals surface area contributed by atoms with Crippen molar-refractivity contribution in [2.45, 2.75) is 32.8 Å². The first-order valence-corrected chi connectivity index (χ1v) is 11.4. The van der Waals surface area contributed by atoms with Gasteiger partial charge in [-0.25, -0.2) is 9.37 Å². The highest BCUT2D eigenvalue weighted by Gasteiger charge is 2.59.